The van der Waals surface area contributed by atoms with E-state index in [9.17, 15) is 5.11 Å². The van der Waals surface area contributed by atoms with Crippen molar-refractivity contribution in [1.82, 2.24) is 0 Å². The minimum Gasteiger partial charge on any atom is -0.384 e. The quantitative estimate of drug-likeness (QED) is 0.310. The Labute approximate surface area is 143 Å². The largest absolute Gasteiger partial charge is 0.384 e. The minimum atomic E-state index is -0.860. The standard InChI is InChI=1S/C18H36OS2/c1-5-9-11-15(7-3)13-18(19,17(20)21)14-16(8-4)12-10-6-2/h15-16,19H,5-14H2,1-4H3,(H,20,21). The molecule has 0 saturated carbocycles. The number of hydrogen-bond acceptors (Lipinski definition) is 2. The maximum atomic E-state index is 11.1. The first-order chi connectivity index (χ1) is 9.93. The second-order valence-corrected chi connectivity index (χ2v) is 7.74. The molecular weight excluding hydrogens is 296 g/mol. The molecule has 0 aromatic rings. The molecule has 0 bridgehead atoms. The van der Waals surface area contributed by atoms with Gasteiger partial charge < -0.3 is 5.11 Å². The van der Waals surface area contributed by atoms with Crippen LogP contribution in [-0.4, -0.2) is 14.9 Å². The molecule has 1 N–H and O–H groups in total. The van der Waals surface area contributed by atoms with E-state index in [-0.39, 0.29) is 0 Å². The Kier molecular flexibility index (Phi) is 12.1. The highest BCUT2D eigenvalue weighted by atomic mass is 32.1. The van der Waals surface area contributed by atoms with Crippen molar-refractivity contribution < 1.29 is 5.11 Å². The van der Waals surface area contributed by atoms with E-state index in [4.69, 9.17) is 12.2 Å². The molecule has 0 radical (unpaired) electrons. The molecule has 1 nitrogen and oxygen atoms in total. The molecule has 0 aliphatic rings. The lowest BCUT2D eigenvalue weighted by Crippen LogP contribution is -2.39. The second kappa shape index (κ2) is 11.9. The number of unbranched alkanes of at least 4 members (excludes halogenated alkanes) is 2. The summed E-state index contributed by atoms with van der Waals surface area (Å²) in [6.45, 7) is 8.88. The predicted molar refractivity (Wildman–Crippen MR) is 102 cm³/mol. The third kappa shape index (κ3) is 8.56. The summed E-state index contributed by atoms with van der Waals surface area (Å²) in [5, 5.41) is 11.1. The molecule has 126 valence electrons. The van der Waals surface area contributed by atoms with Gasteiger partial charge in [-0.15, -0.1) is 12.6 Å². The topological polar surface area (TPSA) is 20.2 Å². The fourth-order valence-corrected chi connectivity index (χ4v) is 3.45. The zero-order valence-electron chi connectivity index (χ0n) is 14.5. The van der Waals surface area contributed by atoms with Crippen molar-refractivity contribution >= 4 is 29.0 Å². The molecule has 0 fully saturated rings. The van der Waals surface area contributed by atoms with Crippen molar-refractivity contribution in [2.24, 2.45) is 11.8 Å². The summed E-state index contributed by atoms with van der Waals surface area (Å²) in [5.41, 5.74) is -0.860. The lowest BCUT2D eigenvalue weighted by atomic mass is 9.79. The van der Waals surface area contributed by atoms with E-state index in [0.29, 0.717) is 16.0 Å². The molecule has 0 spiro atoms. The van der Waals surface area contributed by atoms with Gasteiger partial charge in [0.15, 0.2) is 0 Å². The van der Waals surface area contributed by atoms with Crippen LogP contribution in [0.3, 0.4) is 0 Å². The first kappa shape index (κ1) is 21.4. The van der Waals surface area contributed by atoms with Crippen LogP contribution < -0.4 is 0 Å². The van der Waals surface area contributed by atoms with Gasteiger partial charge in [0.2, 0.25) is 0 Å². The van der Waals surface area contributed by atoms with E-state index in [0.717, 1.165) is 25.7 Å². The van der Waals surface area contributed by atoms with Gasteiger partial charge in [0.1, 0.15) is 5.60 Å². The van der Waals surface area contributed by atoms with E-state index in [1.54, 1.807) is 0 Å². The lowest BCUT2D eigenvalue weighted by Gasteiger charge is -2.34. The van der Waals surface area contributed by atoms with Crippen molar-refractivity contribution in [3.63, 3.8) is 0 Å². The Balaban J connectivity index is 4.75. The molecule has 0 aliphatic heterocycles. The summed E-state index contributed by atoms with van der Waals surface area (Å²) in [4.78, 5) is 0. The Morgan fingerprint density at radius 3 is 1.57 bits per heavy atom. The van der Waals surface area contributed by atoms with Crippen LogP contribution in [0.25, 0.3) is 0 Å². The molecule has 0 rings (SSSR count). The van der Waals surface area contributed by atoms with Crippen LogP contribution in [0.4, 0.5) is 0 Å². The Morgan fingerprint density at radius 2 is 1.33 bits per heavy atom. The molecule has 3 heteroatoms. The first-order valence-corrected chi connectivity index (χ1v) is 9.74. The van der Waals surface area contributed by atoms with E-state index in [2.05, 4.69) is 40.3 Å². The third-order valence-electron chi connectivity index (χ3n) is 4.74. The van der Waals surface area contributed by atoms with E-state index < -0.39 is 5.60 Å². The summed E-state index contributed by atoms with van der Waals surface area (Å²) >= 11 is 9.67. The maximum absolute atomic E-state index is 11.1. The third-order valence-corrected chi connectivity index (χ3v) is 5.53. The van der Waals surface area contributed by atoms with Gasteiger partial charge in [-0.1, -0.05) is 91.3 Å². The molecule has 0 heterocycles. The van der Waals surface area contributed by atoms with Crippen LogP contribution in [0.2, 0.25) is 0 Å². The fourth-order valence-electron chi connectivity index (χ4n) is 3.10. The normalized spacial score (nSPS) is 17.2. The van der Waals surface area contributed by atoms with Gasteiger partial charge in [-0.2, -0.15) is 0 Å². The van der Waals surface area contributed by atoms with Crippen LogP contribution in [-0.2, 0) is 0 Å². The molecule has 21 heavy (non-hydrogen) atoms. The summed E-state index contributed by atoms with van der Waals surface area (Å²) in [6.07, 6.45) is 11.1. The van der Waals surface area contributed by atoms with E-state index in [1.807, 2.05) is 0 Å². The molecule has 0 amide bonds. The zero-order chi connectivity index (χ0) is 16.3. The summed E-state index contributed by atoms with van der Waals surface area (Å²) in [6, 6.07) is 0. The zero-order valence-corrected chi connectivity index (χ0v) is 16.2. The highest BCUT2D eigenvalue weighted by molar-refractivity contribution is 8.11. The van der Waals surface area contributed by atoms with Gasteiger partial charge in [0.05, 0.1) is 4.20 Å². The summed E-state index contributed by atoms with van der Waals surface area (Å²) in [7, 11) is 0. The maximum Gasteiger partial charge on any atom is 0.106 e. The molecule has 0 saturated heterocycles. The van der Waals surface area contributed by atoms with Crippen LogP contribution in [0.5, 0.6) is 0 Å². The van der Waals surface area contributed by atoms with Crippen molar-refractivity contribution in [2.75, 3.05) is 0 Å². The monoisotopic (exact) mass is 332 g/mol. The van der Waals surface area contributed by atoms with Gasteiger partial charge >= 0.3 is 0 Å². The smallest absolute Gasteiger partial charge is 0.106 e. The SMILES string of the molecule is CCCCC(CC)CC(O)(CC(CC)CCCC)C(=S)S. The van der Waals surface area contributed by atoms with Crippen molar-refractivity contribution in [1.29, 1.82) is 0 Å². The molecule has 2 atom stereocenters. The summed E-state index contributed by atoms with van der Waals surface area (Å²) < 4.78 is 0.493. The van der Waals surface area contributed by atoms with Gasteiger partial charge in [-0.05, 0) is 24.7 Å². The Morgan fingerprint density at radius 1 is 0.952 bits per heavy atom. The molecule has 0 aromatic heterocycles. The number of hydrogen-bond donors (Lipinski definition) is 2. The van der Waals surface area contributed by atoms with Crippen LogP contribution >= 0.6 is 24.8 Å². The number of rotatable bonds is 13. The highest BCUT2D eigenvalue weighted by Gasteiger charge is 2.34. The highest BCUT2D eigenvalue weighted by Crippen LogP contribution is 2.34. The van der Waals surface area contributed by atoms with Crippen molar-refractivity contribution in [3.8, 4) is 0 Å². The minimum absolute atomic E-state index is 0.493. The number of thiol groups is 1. The van der Waals surface area contributed by atoms with Gasteiger partial charge in [0, 0.05) is 0 Å². The first-order valence-electron chi connectivity index (χ1n) is 8.89. The number of aliphatic hydroxyl groups is 1. The van der Waals surface area contributed by atoms with Gasteiger partial charge in [0.25, 0.3) is 0 Å². The van der Waals surface area contributed by atoms with E-state index >= 15 is 0 Å². The van der Waals surface area contributed by atoms with Crippen LogP contribution in [0.1, 0.15) is 91.9 Å². The molecule has 2 unspecified atom stereocenters. The second-order valence-electron chi connectivity index (χ2n) is 6.58. The molecule has 0 aliphatic carbocycles. The van der Waals surface area contributed by atoms with Crippen LogP contribution in [0.15, 0.2) is 0 Å². The molecular formula is C18H36OS2. The average Bonchev–Trinajstić information content (AvgIpc) is 2.47. The lowest BCUT2D eigenvalue weighted by molar-refractivity contribution is 0.0566. The van der Waals surface area contributed by atoms with Gasteiger partial charge in [-0.25, -0.2) is 0 Å². The fraction of sp³-hybridized carbons (Fsp3) is 0.944. The van der Waals surface area contributed by atoms with E-state index in [1.165, 1.54) is 38.5 Å². The molecule has 0 aromatic carbocycles. The van der Waals surface area contributed by atoms with Gasteiger partial charge in [-0.3, -0.25) is 0 Å². The Hall–Kier alpha value is 0.400. The summed E-state index contributed by atoms with van der Waals surface area (Å²) in [5.74, 6) is 1.12. The average molecular weight is 333 g/mol. The number of thiocarbonyl (C=S) groups is 1. The Bertz CT molecular complexity index is 260. The van der Waals surface area contributed by atoms with Crippen LogP contribution in [0, 0.1) is 11.8 Å². The van der Waals surface area contributed by atoms with Crippen molar-refractivity contribution in [3.05, 3.63) is 0 Å². The van der Waals surface area contributed by atoms with Crippen molar-refractivity contribution in [2.45, 2.75) is 97.5 Å². The predicted octanol–water partition coefficient (Wildman–Crippen LogP) is 6.19.